The van der Waals surface area contributed by atoms with Gasteiger partial charge < -0.3 is 29.8 Å². The van der Waals surface area contributed by atoms with E-state index in [4.69, 9.17) is 22.6 Å². The Morgan fingerprint density at radius 1 is 0.837 bits per heavy atom. The van der Waals surface area contributed by atoms with Crippen molar-refractivity contribution in [2.45, 2.75) is 62.8 Å². The summed E-state index contributed by atoms with van der Waals surface area (Å²) < 4.78 is 10.6. The van der Waals surface area contributed by atoms with E-state index in [-0.39, 0.29) is 35.5 Å². The van der Waals surface area contributed by atoms with Gasteiger partial charge >= 0.3 is 12.2 Å². The number of amides is 4. The van der Waals surface area contributed by atoms with Crippen molar-refractivity contribution in [2.24, 2.45) is 0 Å². The molecule has 7 rings (SSSR count). The molecule has 0 spiro atoms. The van der Waals surface area contributed by atoms with E-state index in [0.29, 0.717) is 30.2 Å². The Bertz CT molecular complexity index is 1840. The zero-order chi connectivity index (χ0) is 34.8. The molecule has 2 N–H and O–H groups in total. The first-order valence-corrected chi connectivity index (χ1v) is 16.8. The van der Waals surface area contributed by atoms with Crippen LogP contribution in [0.2, 0.25) is 0 Å². The molecule has 13 nitrogen and oxygen atoms in total. The normalized spacial score (nSPS) is 20.9. The second-order valence-electron chi connectivity index (χ2n) is 12.5. The zero-order valence-electron chi connectivity index (χ0n) is 27.1. The Morgan fingerprint density at radius 3 is 1.65 bits per heavy atom. The number of nitrogens with one attached hydrogen (secondary N) is 2. The highest BCUT2D eigenvalue weighted by molar-refractivity contribution is 7.11. The van der Waals surface area contributed by atoms with Crippen molar-refractivity contribution < 1.29 is 28.7 Å². The largest absolute Gasteiger partial charge is 0.442 e. The van der Waals surface area contributed by atoms with E-state index >= 15 is 0 Å². The van der Waals surface area contributed by atoms with Crippen molar-refractivity contribution in [3.63, 3.8) is 0 Å². The number of aromatic nitrogens is 1. The van der Waals surface area contributed by atoms with Crippen LogP contribution in [0, 0.1) is 20.1 Å². The molecular weight excluding hydrogens is 646 g/mol. The maximum Gasteiger partial charge on any atom is 0.414 e. The van der Waals surface area contributed by atoms with Gasteiger partial charge in [-0.15, -0.1) is 11.3 Å². The molecule has 0 radical (unpaired) electrons. The van der Waals surface area contributed by atoms with E-state index in [1.807, 2.05) is 48.5 Å². The molecule has 3 heterocycles. The van der Waals surface area contributed by atoms with Crippen LogP contribution in [0.1, 0.15) is 59.1 Å². The summed E-state index contributed by atoms with van der Waals surface area (Å²) in [6, 6.07) is 15.0. The molecule has 0 unspecified atom stereocenters. The van der Waals surface area contributed by atoms with Crippen molar-refractivity contribution in [3.8, 4) is 0 Å². The van der Waals surface area contributed by atoms with Gasteiger partial charge in [0.1, 0.15) is 17.1 Å². The lowest BCUT2D eigenvalue weighted by Gasteiger charge is -2.14. The van der Waals surface area contributed by atoms with Crippen molar-refractivity contribution in [1.82, 2.24) is 15.6 Å². The van der Waals surface area contributed by atoms with Gasteiger partial charge in [-0.1, -0.05) is 0 Å². The Labute approximate surface area is 287 Å². The Kier molecular flexibility index (Phi) is 9.26. The summed E-state index contributed by atoms with van der Waals surface area (Å²) >= 11 is 1.29. The number of benzene rings is 2. The number of anilines is 2. The maximum absolute atomic E-state index is 12.2. The van der Waals surface area contributed by atoms with Gasteiger partial charge in [0, 0.05) is 55.1 Å². The molecule has 0 bridgehead atoms. The van der Waals surface area contributed by atoms with Crippen LogP contribution < -0.4 is 20.4 Å². The fourth-order valence-electron chi connectivity index (χ4n) is 5.81. The maximum atomic E-state index is 12.2. The standard InChI is InChI=1S/C19H18N4O3S.C16H17N3O3/c1-12-16(27-11-22-12)17(24)21-9-15-10-23(18(25)26-15)14-5-3-13(4-6-14)19(20-2)7-8-19;1-11(20)18-9-14-10-19(15(21)22-14)13-5-3-12(4-6-13)16(17-2)7-8-16/h3-6,11,15H,7-10H2,1H3,(H,21,24);3-6,14H,7-10H2,1H3,(H,18,20)/t15-;14-/m00/s1. The average molecular weight is 682 g/mol. The van der Waals surface area contributed by atoms with Crippen molar-refractivity contribution in [2.75, 3.05) is 36.0 Å². The summed E-state index contributed by atoms with van der Waals surface area (Å²) in [4.78, 5) is 62.4. The topological polar surface area (TPSA) is 139 Å². The Morgan fingerprint density at radius 2 is 1.29 bits per heavy atom. The first-order chi connectivity index (χ1) is 23.6. The van der Waals surface area contributed by atoms with Crippen LogP contribution in [-0.4, -0.2) is 67.4 Å². The SMILES string of the molecule is [C-]#[N+]C1(c2ccc(N3C[C@H](CNC(=O)c4scnc4C)OC3=O)cc2)CC1.[C-]#[N+]C1(c2ccc(N3C[C@H](CNC(C)=O)OC3=O)cc2)CC1. The molecule has 2 atom stereocenters. The third-order valence-corrected chi connectivity index (χ3v) is 10.0. The molecule has 2 aliphatic heterocycles. The van der Waals surface area contributed by atoms with Gasteiger partial charge in [-0.05, 0) is 55.5 Å². The first-order valence-electron chi connectivity index (χ1n) is 15.9. The van der Waals surface area contributed by atoms with Gasteiger partial charge in [-0.3, -0.25) is 19.4 Å². The van der Waals surface area contributed by atoms with Gasteiger partial charge in [0.25, 0.3) is 17.0 Å². The summed E-state index contributed by atoms with van der Waals surface area (Å²) in [5.41, 5.74) is 5.12. The number of rotatable bonds is 9. The number of hydrogen-bond donors (Lipinski definition) is 2. The van der Waals surface area contributed by atoms with E-state index in [1.165, 1.54) is 18.3 Å². The molecule has 2 aromatic carbocycles. The molecule has 2 aliphatic carbocycles. The second kappa shape index (κ2) is 13.6. The van der Waals surface area contributed by atoms with Crippen LogP contribution in [0.3, 0.4) is 0 Å². The molecule has 1 aromatic heterocycles. The Hall–Kier alpha value is -5.47. The highest BCUT2D eigenvalue weighted by atomic mass is 32.1. The minimum atomic E-state index is -0.428. The fraction of sp³-hybridized carbons (Fsp3) is 0.400. The quantitative estimate of drug-likeness (QED) is 0.297. The predicted octanol–water partition coefficient (Wildman–Crippen LogP) is 5.17. The summed E-state index contributed by atoms with van der Waals surface area (Å²) in [7, 11) is 0. The smallest absolute Gasteiger partial charge is 0.414 e. The van der Waals surface area contributed by atoms with E-state index in [0.717, 1.165) is 48.2 Å². The molecule has 252 valence electrons. The minimum Gasteiger partial charge on any atom is -0.442 e. The summed E-state index contributed by atoms with van der Waals surface area (Å²) in [5.74, 6) is -0.351. The Balaban J connectivity index is 0.000000174. The van der Waals surface area contributed by atoms with Crippen molar-refractivity contribution >= 4 is 46.7 Å². The molecule has 4 amide bonds. The van der Waals surface area contributed by atoms with Crippen LogP contribution in [0.15, 0.2) is 54.0 Å². The molecule has 14 heteroatoms. The first kappa shape index (κ1) is 33.4. The third-order valence-electron chi connectivity index (χ3n) is 9.08. The number of aryl methyl sites for hydroxylation is 1. The highest BCUT2D eigenvalue weighted by Gasteiger charge is 2.53. The summed E-state index contributed by atoms with van der Waals surface area (Å²) in [6.45, 7) is 19.2. The van der Waals surface area contributed by atoms with Gasteiger partial charge in [0.05, 0.1) is 37.4 Å². The van der Waals surface area contributed by atoms with Crippen LogP contribution >= 0.6 is 11.3 Å². The third kappa shape index (κ3) is 7.20. The van der Waals surface area contributed by atoms with E-state index in [2.05, 4.69) is 25.3 Å². The molecule has 4 fully saturated rings. The second-order valence-corrected chi connectivity index (χ2v) is 13.4. The lowest BCUT2D eigenvalue weighted by Crippen LogP contribution is -2.34. The molecule has 2 saturated carbocycles. The molecule has 3 aromatic rings. The van der Waals surface area contributed by atoms with E-state index in [9.17, 15) is 19.2 Å². The van der Waals surface area contributed by atoms with Crippen LogP contribution in [0.4, 0.5) is 21.0 Å². The monoisotopic (exact) mass is 681 g/mol. The van der Waals surface area contributed by atoms with Gasteiger partial charge in [0.15, 0.2) is 0 Å². The van der Waals surface area contributed by atoms with Crippen LogP contribution in [-0.2, 0) is 25.3 Å². The van der Waals surface area contributed by atoms with Gasteiger partial charge in [0.2, 0.25) is 5.91 Å². The summed E-state index contributed by atoms with van der Waals surface area (Å²) in [6.07, 6.45) is 2.00. The average Bonchev–Trinajstić information content (AvgIpc) is 3.97. The van der Waals surface area contributed by atoms with Crippen molar-refractivity contribution in [1.29, 1.82) is 0 Å². The molecule has 2 saturated heterocycles. The van der Waals surface area contributed by atoms with Crippen molar-refractivity contribution in [3.05, 3.63) is 98.6 Å². The number of carbonyl (C=O) groups is 4. The van der Waals surface area contributed by atoms with Gasteiger partial charge in [-0.25, -0.2) is 27.7 Å². The number of hydrogen-bond acceptors (Lipinski definition) is 8. The van der Waals surface area contributed by atoms with E-state index < -0.39 is 18.3 Å². The number of cyclic esters (lactones) is 2. The van der Waals surface area contributed by atoms with Crippen LogP contribution in [0.25, 0.3) is 9.69 Å². The molecule has 49 heavy (non-hydrogen) atoms. The number of nitrogens with zero attached hydrogens (tertiary/aromatic N) is 5. The lowest BCUT2D eigenvalue weighted by molar-refractivity contribution is -0.119. The van der Waals surface area contributed by atoms with Crippen LogP contribution in [0.5, 0.6) is 0 Å². The zero-order valence-corrected chi connectivity index (χ0v) is 27.9. The summed E-state index contributed by atoms with van der Waals surface area (Å²) in [5, 5.41) is 5.45. The van der Waals surface area contributed by atoms with Gasteiger partial charge in [-0.2, -0.15) is 0 Å². The predicted molar refractivity (Wildman–Crippen MR) is 181 cm³/mol. The number of carbonyl (C=O) groups excluding carboxylic acids is 4. The lowest BCUT2D eigenvalue weighted by atomic mass is 10.1. The number of thiazole rings is 1. The molecule has 4 aliphatic rings. The highest BCUT2D eigenvalue weighted by Crippen LogP contribution is 2.50. The molecular formula is C35H35N7O6S. The van der Waals surface area contributed by atoms with E-state index in [1.54, 1.807) is 22.2 Å². The minimum absolute atomic E-state index is 0.146. The fourth-order valence-corrected chi connectivity index (χ4v) is 6.53. The number of ether oxygens (including phenoxy) is 2.